The molecule has 0 aliphatic carbocycles. The number of H-pyrrole nitrogens is 1. The van der Waals surface area contributed by atoms with E-state index in [9.17, 15) is 18.0 Å². The van der Waals surface area contributed by atoms with E-state index in [1.807, 2.05) is 31.2 Å². The quantitative estimate of drug-likeness (QED) is 0.0856. The highest BCUT2D eigenvalue weighted by Gasteiger charge is 2.29. The Morgan fingerprint density at radius 1 is 0.909 bits per heavy atom. The van der Waals surface area contributed by atoms with E-state index in [0.29, 0.717) is 24.0 Å². The number of amidine groups is 1. The molecule has 0 fully saturated rings. The molecule has 0 spiro atoms. The summed E-state index contributed by atoms with van der Waals surface area (Å²) in [6, 6.07) is 21.3. The molecule has 0 aliphatic heterocycles. The summed E-state index contributed by atoms with van der Waals surface area (Å²) in [5, 5.41) is 14.1. The second-order valence-corrected chi connectivity index (χ2v) is 12.3. The smallest absolute Gasteiger partial charge is 0.242 e. The van der Waals surface area contributed by atoms with Gasteiger partial charge in [0.15, 0.2) is 0 Å². The van der Waals surface area contributed by atoms with Gasteiger partial charge in [-0.1, -0.05) is 92.6 Å². The number of aromatic nitrogens is 1. The fraction of sp³-hybridized carbons (Fsp3) is 0.281. The molecule has 0 radical (unpaired) electrons. The number of nitrogen functional groups attached to an aromatic ring is 1. The lowest BCUT2D eigenvalue weighted by Gasteiger charge is -2.23. The number of carbonyl (C=O) groups excluding carboxylic acids is 2. The summed E-state index contributed by atoms with van der Waals surface area (Å²) in [4.78, 5) is 30.2. The predicted octanol–water partition coefficient (Wildman–Crippen LogP) is 3.90. The number of fused-ring (bicyclic) bond motifs is 1. The lowest BCUT2D eigenvalue weighted by molar-refractivity contribution is -0.130. The number of amides is 2. The van der Waals surface area contributed by atoms with Crippen LogP contribution < -0.4 is 21.1 Å². The van der Waals surface area contributed by atoms with Gasteiger partial charge in [0.2, 0.25) is 21.8 Å². The molecule has 0 unspecified atom stereocenters. The van der Waals surface area contributed by atoms with Gasteiger partial charge < -0.3 is 21.4 Å². The monoisotopic (exact) mass is 638 g/mol. The maximum absolute atomic E-state index is 13.7. The van der Waals surface area contributed by atoms with Gasteiger partial charge in [0, 0.05) is 29.2 Å². The molecule has 10 nitrogen and oxygen atoms in total. The number of rotatable bonds is 15. The first-order valence-electron chi connectivity index (χ1n) is 14.3. The van der Waals surface area contributed by atoms with Crippen molar-refractivity contribution in [2.75, 3.05) is 0 Å². The topological polar surface area (TPSA) is 170 Å². The average molecular weight is 639 g/mol. The van der Waals surface area contributed by atoms with Gasteiger partial charge in [-0.15, -0.1) is 12.4 Å². The third kappa shape index (κ3) is 9.66. The molecule has 0 saturated carbocycles. The first-order chi connectivity index (χ1) is 20.6. The molecule has 2 atom stereocenters. The van der Waals surface area contributed by atoms with Gasteiger partial charge in [0.1, 0.15) is 17.9 Å². The summed E-state index contributed by atoms with van der Waals surface area (Å²) in [5.74, 6) is -1.27. The summed E-state index contributed by atoms with van der Waals surface area (Å²) < 4.78 is 29.1. The number of benzene rings is 3. The Labute approximate surface area is 264 Å². The van der Waals surface area contributed by atoms with Gasteiger partial charge >= 0.3 is 0 Å². The number of halogens is 1. The Balaban J connectivity index is 0.00000529. The van der Waals surface area contributed by atoms with Crippen molar-refractivity contribution in [2.24, 2.45) is 5.73 Å². The van der Waals surface area contributed by atoms with E-state index in [4.69, 9.17) is 11.1 Å². The van der Waals surface area contributed by atoms with E-state index in [2.05, 4.69) is 20.3 Å². The van der Waals surface area contributed by atoms with Gasteiger partial charge in [0.05, 0.1) is 5.75 Å². The van der Waals surface area contributed by atoms with Crippen molar-refractivity contribution < 1.29 is 18.0 Å². The molecule has 12 heteroatoms. The molecule has 0 bridgehead atoms. The van der Waals surface area contributed by atoms with Crippen molar-refractivity contribution >= 4 is 51.0 Å². The number of sulfonamides is 1. The van der Waals surface area contributed by atoms with Crippen molar-refractivity contribution in [1.82, 2.24) is 20.3 Å². The van der Waals surface area contributed by atoms with Crippen LogP contribution >= 0.6 is 12.4 Å². The van der Waals surface area contributed by atoms with Crippen LogP contribution in [-0.4, -0.2) is 43.1 Å². The number of hydrogen-bond donors (Lipinski definition) is 6. The molecule has 1 heterocycles. The number of nitrogens with two attached hydrogens (primary N) is 1. The minimum atomic E-state index is -3.91. The number of carbonyl (C=O) groups is 2. The standard InChI is InChI=1S/C32H38N6O4S.ClH/c1-2-3-12-28(31(39)36-19-22-14-16-24(17-15-22)30(33)34)37-32(40)29(18-25-20-35-27-13-8-7-11-26(25)27)38-43(41,42)21-23-9-5-4-6-10-23;/h4-11,13-17,20,28-29,35,38H,2-3,12,18-19,21H2,1H3,(H3,33,34)(H,36,39)(H,37,40);1H/t28-,29+;/m0./s1. The van der Waals surface area contributed by atoms with Crippen molar-refractivity contribution in [3.63, 3.8) is 0 Å². The molecule has 2 amide bonds. The van der Waals surface area contributed by atoms with Crippen LogP contribution in [0.25, 0.3) is 10.9 Å². The number of aromatic amines is 1. The number of unbranched alkanes of at least 4 members (excludes halogenated alkanes) is 1. The summed E-state index contributed by atoms with van der Waals surface area (Å²) in [5.41, 5.74) is 9.16. The average Bonchev–Trinajstić information content (AvgIpc) is 3.40. The zero-order chi connectivity index (χ0) is 30.8. The van der Waals surface area contributed by atoms with Gasteiger partial charge in [-0.25, -0.2) is 13.1 Å². The third-order valence-corrected chi connectivity index (χ3v) is 8.50. The van der Waals surface area contributed by atoms with E-state index in [-0.39, 0.29) is 42.9 Å². The van der Waals surface area contributed by atoms with Crippen LogP contribution in [-0.2, 0) is 38.3 Å². The van der Waals surface area contributed by atoms with Gasteiger partial charge in [-0.3, -0.25) is 15.0 Å². The lowest BCUT2D eigenvalue weighted by atomic mass is 10.0. The third-order valence-electron chi connectivity index (χ3n) is 7.15. The molecule has 3 aromatic carbocycles. The molecule has 4 aromatic rings. The number of hydrogen-bond acceptors (Lipinski definition) is 5. The van der Waals surface area contributed by atoms with Crippen molar-refractivity contribution in [2.45, 2.75) is 57.0 Å². The molecule has 234 valence electrons. The van der Waals surface area contributed by atoms with Crippen molar-refractivity contribution in [1.29, 1.82) is 5.41 Å². The van der Waals surface area contributed by atoms with Crippen LogP contribution in [0.4, 0.5) is 0 Å². The minimum Gasteiger partial charge on any atom is -0.384 e. The van der Waals surface area contributed by atoms with Crippen LogP contribution in [0.15, 0.2) is 85.1 Å². The fourth-order valence-corrected chi connectivity index (χ4v) is 6.16. The molecular weight excluding hydrogens is 600 g/mol. The summed E-state index contributed by atoms with van der Waals surface area (Å²) in [6.45, 7) is 2.21. The molecule has 1 aromatic heterocycles. The normalized spacial score (nSPS) is 12.6. The Morgan fingerprint density at radius 3 is 2.27 bits per heavy atom. The van der Waals surface area contributed by atoms with Gasteiger partial charge in [-0.05, 0) is 35.6 Å². The molecule has 0 aliphatic rings. The molecular formula is C32H39ClN6O4S. The number of para-hydroxylation sites is 1. The Hall–Kier alpha value is -4.19. The molecule has 0 saturated heterocycles. The maximum atomic E-state index is 13.7. The molecule has 44 heavy (non-hydrogen) atoms. The largest absolute Gasteiger partial charge is 0.384 e. The fourth-order valence-electron chi connectivity index (χ4n) is 4.82. The van der Waals surface area contributed by atoms with E-state index >= 15 is 0 Å². The number of nitrogens with one attached hydrogen (secondary N) is 5. The van der Waals surface area contributed by atoms with Crippen LogP contribution in [0, 0.1) is 5.41 Å². The van der Waals surface area contributed by atoms with E-state index in [0.717, 1.165) is 28.5 Å². The van der Waals surface area contributed by atoms with Crippen LogP contribution in [0.1, 0.15) is 48.4 Å². The minimum absolute atomic E-state index is 0. The molecule has 4 rings (SSSR count). The highest BCUT2D eigenvalue weighted by Crippen LogP contribution is 2.20. The van der Waals surface area contributed by atoms with E-state index in [1.54, 1.807) is 60.8 Å². The van der Waals surface area contributed by atoms with Gasteiger partial charge in [0.25, 0.3) is 0 Å². The van der Waals surface area contributed by atoms with Crippen LogP contribution in [0.3, 0.4) is 0 Å². The molecule has 7 N–H and O–H groups in total. The van der Waals surface area contributed by atoms with Crippen LogP contribution in [0.5, 0.6) is 0 Å². The maximum Gasteiger partial charge on any atom is 0.242 e. The lowest BCUT2D eigenvalue weighted by Crippen LogP contribution is -2.54. The first-order valence-corrected chi connectivity index (χ1v) is 15.9. The van der Waals surface area contributed by atoms with Crippen LogP contribution in [0.2, 0.25) is 0 Å². The van der Waals surface area contributed by atoms with Crippen molar-refractivity contribution in [3.8, 4) is 0 Å². The summed E-state index contributed by atoms with van der Waals surface area (Å²) >= 11 is 0. The van der Waals surface area contributed by atoms with Crippen molar-refractivity contribution in [3.05, 3.63) is 107 Å². The summed E-state index contributed by atoms with van der Waals surface area (Å²) in [6.07, 6.45) is 3.77. The highest BCUT2D eigenvalue weighted by molar-refractivity contribution is 7.88. The zero-order valence-corrected chi connectivity index (χ0v) is 26.1. The SMILES string of the molecule is CCCC[C@H](NC(=O)[C@@H](Cc1c[nH]c2ccccc12)NS(=O)(=O)Cc1ccccc1)C(=O)NCc1ccc(C(=N)N)cc1.Cl. The van der Waals surface area contributed by atoms with Gasteiger partial charge in [-0.2, -0.15) is 0 Å². The Kier molecular flexibility index (Phi) is 12.5. The zero-order valence-electron chi connectivity index (χ0n) is 24.5. The first kappa shape index (κ1) is 34.3. The van der Waals surface area contributed by atoms with E-state index in [1.165, 1.54) is 0 Å². The highest BCUT2D eigenvalue weighted by atomic mass is 35.5. The second kappa shape index (κ2) is 16.0. The predicted molar refractivity (Wildman–Crippen MR) is 176 cm³/mol. The van der Waals surface area contributed by atoms with E-state index < -0.39 is 28.0 Å². The summed E-state index contributed by atoms with van der Waals surface area (Å²) in [7, 11) is -3.91. The Bertz CT molecular complexity index is 1660. The Morgan fingerprint density at radius 2 is 1.59 bits per heavy atom. The second-order valence-electron chi connectivity index (χ2n) is 10.5.